The summed E-state index contributed by atoms with van der Waals surface area (Å²) in [4.78, 5) is 8.97. The molecule has 0 fully saturated rings. The number of hydrazone groups is 1. The Kier molecular flexibility index (Phi) is 4.34. The molecule has 0 spiro atoms. The first-order valence-electron chi connectivity index (χ1n) is 8.52. The predicted octanol–water partition coefficient (Wildman–Crippen LogP) is 3.59. The smallest absolute Gasteiger partial charge is 0.189 e. The summed E-state index contributed by atoms with van der Waals surface area (Å²) in [6.07, 6.45) is 4.20. The molecular weight excluding hydrogens is 342 g/mol. The first-order chi connectivity index (χ1) is 12.7. The second kappa shape index (κ2) is 6.80. The molecule has 1 N–H and O–H groups in total. The van der Waals surface area contributed by atoms with Crippen LogP contribution in [0.3, 0.4) is 0 Å². The summed E-state index contributed by atoms with van der Waals surface area (Å²) >= 11 is 5.51. The van der Waals surface area contributed by atoms with Crippen molar-refractivity contribution in [3.05, 3.63) is 71.5 Å². The van der Waals surface area contributed by atoms with Gasteiger partial charge in [-0.05, 0) is 30.8 Å². The molecule has 26 heavy (non-hydrogen) atoms. The zero-order valence-electron chi connectivity index (χ0n) is 14.7. The van der Waals surface area contributed by atoms with Crippen LogP contribution < -0.4 is 5.32 Å². The van der Waals surface area contributed by atoms with Crippen molar-refractivity contribution < 1.29 is 0 Å². The van der Waals surface area contributed by atoms with Gasteiger partial charge in [-0.3, -0.25) is 9.97 Å². The molecule has 6 heteroatoms. The summed E-state index contributed by atoms with van der Waals surface area (Å²) < 4.78 is 0. The molecule has 2 heterocycles. The van der Waals surface area contributed by atoms with Gasteiger partial charge in [-0.2, -0.15) is 5.10 Å². The molecule has 0 radical (unpaired) electrons. The van der Waals surface area contributed by atoms with Gasteiger partial charge in [0, 0.05) is 31.4 Å². The highest BCUT2D eigenvalue weighted by atomic mass is 32.1. The van der Waals surface area contributed by atoms with Crippen LogP contribution in [0.1, 0.15) is 29.2 Å². The van der Waals surface area contributed by atoms with E-state index in [1.54, 1.807) is 12.4 Å². The van der Waals surface area contributed by atoms with E-state index in [0.717, 1.165) is 34.3 Å². The van der Waals surface area contributed by atoms with Crippen molar-refractivity contribution in [2.45, 2.75) is 19.4 Å². The van der Waals surface area contributed by atoms with Crippen molar-refractivity contribution in [2.24, 2.45) is 5.10 Å². The van der Waals surface area contributed by atoms with Crippen LogP contribution in [-0.2, 0) is 0 Å². The monoisotopic (exact) mass is 361 g/mol. The fourth-order valence-electron chi connectivity index (χ4n) is 3.26. The molecule has 1 atom stereocenters. The molecule has 1 aromatic heterocycles. The number of fused-ring (bicyclic) bond motifs is 1. The Balaban J connectivity index is 1.78. The number of hydrogen-bond donors (Lipinski definition) is 1. The molecule has 0 amide bonds. The van der Waals surface area contributed by atoms with E-state index in [-0.39, 0.29) is 6.04 Å². The Hall–Kier alpha value is -2.86. The molecular formula is C20H19N5S. The van der Waals surface area contributed by atoms with Crippen LogP contribution >= 0.6 is 12.2 Å². The summed E-state index contributed by atoms with van der Waals surface area (Å²) in [5, 5.41) is 10.3. The van der Waals surface area contributed by atoms with Crippen LogP contribution in [0, 0.1) is 6.92 Å². The third-order valence-electron chi connectivity index (χ3n) is 4.61. The highest BCUT2D eigenvalue weighted by molar-refractivity contribution is 7.80. The van der Waals surface area contributed by atoms with Crippen LogP contribution in [0.4, 0.5) is 0 Å². The molecule has 0 bridgehead atoms. The first-order valence-corrected chi connectivity index (χ1v) is 8.93. The molecule has 3 aromatic rings. The number of benzene rings is 2. The van der Waals surface area contributed by atoms with Gasteiger partial charge in [0.1, 0.15) is 0 Å². The van der Waals surface area contributed by atoms with E-state index in [1.807, 2.05) is 24.2 Å². The van der Waals surface area contributed by atoms with Gasteiger partial charge in [0.15, 0.2) is 5.11 Å². The minimum atomic E-state index is -0.00773. The number of nitrogens with zero attached hydrogens (tertiary/aromatic N) is 4. The summed E-state index contributed by atoms with van der Waals surface area (Å²) in [6, 6.07) is 14.5. The molecule has 1 aliphatic heterocycles. The van der Waals surface area contributed by atoms with Gasteiger partial charge in [0.2, 0.25) is 0 Å². The summed E-state index contributed by atoms with van der Waals surface area (Å²) in [7, 11) is 1.82. The van der Waals surface area contributed by atoms with E-state index in [2.05, 4.69) is 52.5 Å². The third-order valence-corrected chi connectivity index (χ3v) is 5.00. The molecule has 0 unspecified atom stereocenters. The van der Waals surface area contributed by atoms with Crippen LogP contribution in [0.15, 0.2) is 60.0 Å². The fourth-order valence-corrected chi connectivity index (χ4v) is 3.43. The SMILES string of the molecule is CNC(=S)N1N=C(c2ccc(C)cc2)C[C@@H]1c1cccc2nccnc12. The number of aromatic nitrogens is 2. The maximum atomic E-state index is 5.51. The van der Waals surface area contributed by atoms with Gasteiger partial charge >= 0.3 is 0 Å². The number of thiocarbonyl (C=S) groups is 1. The first kappa shape index (κ1) is 16.6. The molecule has 0 saturated heterocycles. The lowest BCUT2D eigenvalue weighted by molar-refractivity contribution is 0.368. The van der Waals surface area contributed by atoms with E-state index in [0.29, 0.717) is 5.11 Å². The largest absolute Gasteiger partial charge is 0.364 e. The number of aryl methyl sites for hydroxylation is 1. The highest BCUT2D eigenvalue weighted by Crippen LogP contribution is 2.35. The Labute approximate surface area is 157 Å². The zero-order valence-corrected chi connectivity index (χ0v) is 15.5. The van der Waals surface area contributed by atoms with Crippen molar-refractivity contribution in [3.8, 4) is 0 Å². The van der Waals surface area contributed by atoms with Crippen molar-refractivity contribution in [2.75, 3.05) is 7.05 Å². The van der Waals surface area contributed by atoms with Gasteiger partial charge in [-0.15, -0.1) is 0 Å². The van der Waals surface area contributed by atoms with Crippen LogP contribution in [0.5, 0.6) is 0 Å². The average Bonchev–Trinajstić information content (AvgIpc) is 3.12. The molecule has 4 rings (SSSR count). The Morgan fingerprint density at radius 2 is 1.88 bits per heavy atom. The minimum Gasteiger partial charge on any atom is -0.364 e. The molecule has 1 aliphatic rings. The lowest BCUT2D eigenvalue weighted by atomic mass is 9.97. The maximum Gasteiger partial charge on any atom is 0.189 e. The van der Waals surface area contributed by atoms with E-state index in [4.69, 9.17) is 17.3 Å². The van der Waals surface area contributed by atoms with Gasteiger partial charge in [-0.1, -0.05) is 42.0 Å². The number of para-hydroxylation sites is 1. The fraction of sp³-hybridized carbons (Fsp3) is 0.200. The Morgan fingerprint density at radius 3 is 2.65 bits per heavy atom. The lowest BCUT2D eigenvalue weighted by Crippen LogP contribution is -2.34. The van der Waals surface area contributed by atoms with Crippen LogP contribution in [0.25, 0.3) is 11.0 Å². The third kappa shape index (κ3) is 2.93. The van der Waals surface area contributed by atoms with Crippen molar-refractivity contribution in [1.82, 2.24) is 20.3 Å². The van der Waals surface area contributed by atoms with Crippen molar-refractivity contribution in [1.29, 1.82) is 0 Å². The van der Waals surface area contributed by atoms with Gasteiger partial charge in [0.25, 0.3) is 0 Å². The Bertz CT molecular complexity index is 991. The van der Waals surface area contributed by atoms with E-state index in [1.165, 1.54) is 5.56 Å². The second-order valence-corrected chi connectivity index (χ2v) is 6.69. The number of rotatable bonds is 2. The molecule has 2 aromatic carbocycles. The topological polar surface area (TPSA) is 53.4 Å². The minimum absolute atomic E-state index is 0.00773. The van der Waals surface area contributed by atoms with Gasteiger partial charge in [0.05, 0.1) is 22.8 Å². The van der Waals surface area contributed by atoms with Gasteiger partial charge in [-0.25, -0.2) is 5.01 Å². The number of hydrogen-bond acceptors (Lipinski definition) is 4. The number of nitrogens with one attached hydrogen (secondary N) is 1. The van der Waals surface area contributed by atoms with Gasteiger partial charge < -0.3 is 5.32 Å². The van der Waals surface area contributed by atoms with E-state index >= 15 is 0 Å². The van der Waals surface area contributed by atoms with E-state index in [9.17, 15) is 0 Å². The predicted molar refractivity (Wildman–Crippen MR) is 108 cm³/mol. The molecule has 0 saturated carbocycles. The quantitative estimate of drug-likeness (QED) is 0.707. The second-order valence-electron chi connectivity index (χ2n) is 6.30. The highest BCUT2D eigenvalue weighted by Gasteiger charge is 2.32. The van der Waals surface area contributed by atoms with Crippen LogP contribution in [0.2, 0.25) is 0 Å². The van der Waals surface area contributed by atoms with Crippen LogP contribution in [-0.4, -0.2) is 32.8 Å². The summed E-state index contributed by atoms with van der Waals surface area (Å²) in [6.45, 7) is 2.08. The van der Waals surface area contributed by atoms with E-state index < -0.39 is 0 Å². The summed E-state index contributed by atoms with van der Waals surface area (Å²) in [5.41, 5.74) is 6.23. The molecule has 5 nitrogen and oxygen atoms in total. The molecule has 0 aliphatic carbocycles. The standard InChI is InChI=1S/C20H19N5S/c1-13-6-8-14(9-7-13)17-12-18(25(24-17)20(26)21-2)15-4-3-5-16-19(15)23-11-10-22-16/h3-11,18H,12H2,1-2H3,(H,21,26)/t18-/m1/s1. The van der Waals surface area contributed by atoms with Crippen molar-refractivity contribution in [3.63, 3.8) is 0 Å². The zero-order chi connectivity index (χ0) is 18.1. The average molecular weight is 361 g/mol. The maximum absolute atomic E-state index is 5.51. The molecule has 130 valence electrons. The Morgan fingerprint density at radius 1 is 1.12 bits per heavy atom. The lowest BCUT2D eigenvalue weighted by Gasteiger charge is -2.24. The van der Waals surface area contributed by atoms with Crippen molar-refractivity contribution >= 4 is 34.1 Å². The normalized spacial score (nSPS) is 16.6. The summed E-state index contributed by atoms with van der Waals surface area (Å²) in [5.74, 6) is 0.